The van der Waals surface area contributed by atoms with E-state index < -0.39 is 0 Å². The van der Waals surface area contributed by atoms with Crippen molar-refractivity contribution in [3.63, 3.8) is 0 Å². The van der Waals surface area contributed by atoms with Crippen LogP contribution in [-0.2, 0) is 0 Å². The molecule has 0 spiro atoms. The van der Waals surface area contributed by atoms with Crippen LogP contribution in [0, 0.1) is 0 Å². The van der Waals surface area contributed by atoms with Crippen molar-refractivity contribution in [2.45, 2.75) is 0 Å². The number of aromatic amines is 1. The first-order chi connectivity index (χ1) is 25.3. The van der Waals surface area contributed by atoms with E-state index in [0.29, 0.717) is 0 Å². The van der Waals surface area contributed by atoms with Gasteiger partial charge in [0.1, 0.15) is 0 Å². The molecule has 0 fully saturated rings. The van der Waals surface area contributed by atoms with Gasteiger partial charge in [-0.3, -0.25) is 0 Å². The van der Waals surface area contributed by atoms with Gasteiger partial charge in [0.15, 0.2) is 0 Å². The lowest BCUT2D eigenvalue weighted by molar-refractivity contribution is 1.17. The zero-order valence-corrected chi connectivity index (χ0v) is 28.2. The second kappa shape index (κ2) is 10.0. The summed E-state index contributed by atoms with van der Waals surface area (Å²) < 4.78 is 9.91. The highest BCUT2D eigenvalue weighted by Gasteiger charge is 2.22. The monoisotopic (exact) mass is 668 g/mol. The van der Waals surface area contributed by atoms with Gasteiger partial charge in [0.2, 0.25) is 0 Å². The summed E-state index contributed by atoms with van der Waals surface area (Å²) in [6, 6.07) is 57.6. The minimum atomic E-state index is 1.15. The van der Waals surface area contributed by atoms with Crippen molar-refractivity contribution in [3.8, 4) is 17.1 Å². The molecule has 0 bridgehead atoms. The van der Waals surface area contributed by atoms with Gasteiger partial charge in [-0.2, -0.15) is 0 Å². The highest BCUT2D eigenvalue weighted by atomic mass is 32.1. The van der Waals surface area contributed by atoms with Crippen molar-refractivity contribution in [2.75, 3.05) is 0 Å². The highest BCUT2D eigenvalue weighted by molar-refractivity contribution is 7.27. The number of hydrogen-bond donors (Lipinski definition) is 1. The molecule has 4 nitrogen and oxygen atoms in total. The van der Waals surface area contributed by atoms with Crippen LogP contribution in [0.4, 0.5) is 0 Å². The lowest BCUT2D eigenvalue weighted by Crippen LogP contribution is -1.95. The summed E-state index contributed by atoms with van der Waals surface area (Å²) in [5, 5.41) is 9.05. The molecule has 0 saturated carbocycles. The van der Waals surface area contributed by atoms with Gasteiger partial charge in [0.05, 0.1) is 38.6 Å². The Morgan fingerprint density at radius 2 is 0.843 bits per heavy atom. The van der Waals surface area contributed by atoms with Crippen LogP contribution < -0.4 is 0 Å². The van der Waals surface area contributed by atoms with E-state index in [-0.39, 0.29) is 0 Å². The average molecular weight is 669 g/mol. The molecule has 7 aromatic carbocycles. The quantitative estimate of drug-likeness (QED) is 0.194. The maximum absolute atomic E-state index is 3.55. The maximum atomic E-state index is 3.55. The van der Waals surface area contributed by atoms with E-state index in [2.05, 4.69) is 176 Å². The number of para-hydroxylation sites is 4. The Bertz CT molecular complexity index is 3350. The average Bonchev–Trinajstić information content (AvgIpc) is 4.00. The molecule has 0 unspecified atom stereocenters. The van der Waals surface area contributed by atoms with Gasteiger partial charge in [-0.05, 0) is 72.8 Å². The van der Waals surface area contributed by atoms with Gasteiger partial charge >= 0.3 is 0 Å². The Kier molecular flexibility index (Phi) is 5.35. The van der Waals surface area contributed by atoms with E-state index in [0.717, 1.165) is 16.9 Å². The molecule has 0 aliphatic rings. The molecular formula is C46H28N4S. The summed E-state index contributed by atoms with van der Waals surface area (Å²) in [4.78, 5) is 3.55. The van der Waals surface area contributed by atoms with Crippen LogP contribution in [0.3, 0.4) is 0 Å². The van der Waals surface area contributed by atoms with Crippen LogP contribution in [0.1, 0.15) is 0 Å². The molecule has 0 amide bonds. The number of hydrogen-bond acceptors (Lipinski definition) is 1. The Labute approximate surface area is 295 Å². The first-order valence-electron chi connectivity index (χ1n) is 17.4. The number of nitrogens with one attached hydrogen (secondary N) is 1. The van der Waals surface area contributed by atoms with Crippen molar-refractivity contribution in [3.05, 3.63) is 164 Å². The van der Waals surface area contributed by atoms with E-state index in [1.807, 2.05) is 17.5 Å². The number of benzene rings is 7. The second-order valence-electron chi connectivity index (χ2n) is 13.4. The number of H-pyrrole nitrogens is 1. The molecule has 12 aromatic rings. The standard InChI is InChI=1S/C46H28N4S/c1-3-11-28(12-4-1)48-36-17-9-7-15-33(36)42-39(48)23-20-31-32-21-24-40-43(46(32)51-45(31)42)34-16-8-10-18-37(34)50(40)30-19-22-38-35(27-30)44-41(25-26-47-44)49(38)29-13-5-2-6-14-29/h1-27,47H. The van der Waals surface area contributed by atoms with Crippen LogP contribution in [-0.4, -0.2) is 18.7 Å². The van der Waals surface area contributed by atoms with Crippen LogP contribution in [0.5, 0.6) is 0 Å². The summed E-state index contributed by atoms with van der Waals surface area (Å²) in [7, 11) is 0. The van der Waals surface area contributed by atoms with Crippen molar-refractivity contribution in [2.24, 2.45) is 0 Å². The van der Waals surface area contributed by atoms with Gasteiger partial charge in [0, 0.05) is 70.4 Å². The molecule has 5 heteroatoms. The van der Waals surface area contributed by atoms with Crippen molar-refractivity contribution < 1.29 is 0 Å². The Morgan fingerprint density at radius 1 is 0.353 bits per heavy atom. The zero-order valence-electron chi connectivity index (χ0n) is 27.3. The second-order valence-corrected chi connectivity index (χ2v) is 14.4. The molecule has 0 aliphatic heterocycles. The summed E-state index contributed by atoms with van der Waals surface area (Å²) in [6.45, 7) is 0. The summed E-state index contributed by atoms with van der Waals surface area (Å²) in [6.07, 6.45) is 2.04. The van der Waals surface area contributed by atoms with Crippen LogP contribution >= 0.6 is 11.3 Å². The van der Waals surface area contributed by atoms with E-state index in [1.165, 1.54) is 85.9 Å². The number of aromatic nitrogens is 4. The summed E-state index contributed by atoms with van der Waals surface area (Å²) in [5.41, 5.74) is 11.9. The van der Waals surface area contributed by atoms with E-state index >= 15 is 0 Å². The molecule has 0 aliphatic carbocycles. The van der Waals surface area contributed by atoms with E-state index in [1.54, 1.807) is 0 Å². The molecule has 12 rings (SSSR count). The minimum Gasteiger partial charge on any atom is -0.359 e. The van der Waals surface area contributed by atoms with Gasteiger partial charge in [-0.1, -0.05) is 84.9 Å². The van der Waals surface area contributed by atoms with Gasteiger partial charge in [-0.15, -0.1) is 11.3 Å². The normalized spacial score (nSPS) is 12.3. The summed E-state index contributed by atoms with van der Waals surface area (Å²) in [5.74, 6) is 0. The third-order valence-electron chi connectivity index (χ3n) is 10.8. The van der Waals surface area contributed by atoms with Crippen molar-refractivity contribution in [1.82, 2.24) is 18.7 Å². The lowest BCUT2D eigenvalue weighted by atomic mass is 10.1. The largest absolute Gasteiger partial charge is 0.359 e. The molecule has 0 saturated heterocycles. The minimum absolute atomic E-state index is 1.15. The zero-order chi connectivity index (χ0) is 33.2. The number of thiophene rings is 1. The predicted octanol–water partition coefficient (Wildman–Crippen LogP) is 12.7. The topological polar surface area (TPSA) is 30.6 Å². The molecular weight excluding hydrogens is 641 g/mol. The van der Waals surface area contributed by atoms with Crippen LogP contribution in [0.15, 0.2) is 164 Å². The Hall–Kier alpha value is -6.56. The first-order valence-corrected chi connectivity index (χ1v) is 18.2. The van der Waals surface area contributed by atoms with Crippen LogP contribution in [0.2, 0.25) is 0 Å². The molecule has 5 aromatic heterocycles. The first kappa shape index (κ1) is 27.3. The molecule has 0 radical (unpaired) electrons. The highest BCUT2D eigenvalue weighted by Crippen LogP contribution is 2.47. The fraction of sp³-hybridized carbons (Fsp3) is 0. The summed E-state index contributed by atoms with van der Waals surface area (Å²) >= 11 is 1.94. The SMILES string of the molecule is c1ccc(-n2c3ccc(-n4c5ccccc5c5c6sc7c(ccc8c7c7ccccc7n8-c7ccccc7)c6ccc54)cc3c3[nH]ccc32)cc1. The third kappa shape index (κ3) is 3.58. The van der Waals surface area contributed by atoms with Gasteiger partial charge in [0.25, 0.3) is 0 Å². The van der Waals surface area contributed by atoms with Crippen LogP contribution in [0.25, 0.3) is 103 Å². The molecule has 0 atom stereocenters. The lowest BCUT2D eigenvalue weighted by Gasteiger charge is -2.10. The van der Waals surface area contributed by atoms with E-state index in [9.17, 15) is 0 Å². The smallest absolute Gasteiger partial charge is 0.0720 e. The third-order valence-corrected chi connectivity index (χ3v) is 12.1. The Morgan fingerprint density at radius 3 is 1.45 bits per heavy atom. The fourth-order valence-corrected chi connectivity index (χ4v) is 10.1. The molecule has 5 heterocycles. The fourth-order valence-electron chi connectivity index (χ4n) is 8.74. The Balaban J connectivity index is 1.16. The maximum Gasteiger partial charge on any atom is 0.0720 e. The molecule has 238 valence electrons. The van der Waals surface area contributed by atoms with Gasteiger partial charge in [-0.25, -0.2) is 0 Å². The number of rotatable bonds is 3. The van der Waals surface area contributed by atoms with Crippen molar-refractivity contribution in [1.29, 1.82) is 0 Å². The van der Waals surface area contributed by atoms with Crippen molar-refractivity contribution >= 4 is 97.1 Å². The van der Waals surface area contributed by atoms with E-state index in [4.69, 9.17) is 0 Å². The number of nitrogens with zero attached hydrogens (tertiary/aromatic N) is 3. The predicted molar refractivity (Wildman–Crippen MR) is 217 cm³/mol. The molecule has 1 N–H and O–H groups in total. The number of fused-ring (bicyclic) bond motifs is 14. The molecule has 51 heavy (non-hydrogen) atoms. The van der Waals surface area contributed by atoms with Gasteiger partial charge < -0.3 is 18.7 Å².